The highest BCUT2D eigenvalue weighted by Gasteiger charge is 2.33. The number of benzene rings is 3. The molecule has 0 aromatic heterocycles. The molecular formula is C31H38BrN3O4S. The minimum absolute atomic E-state index is 0.0615. The molecule has 1 N–H and O–H groups in total. The monoisotopic (exact) mass is 627 g/mol. The van der Waals surface area contributed by atoms with Crippen LogP contribution in [-0.2, 0) is 26.2 Å². The molecule has 3 aromatic carbocycles. The van der Waals surface area contributed by atoms with Gasteiger partial charge in [0.1, 0.15) is 12.6 Å². The molecule has 0 aliphatic heterocycles. The van der Waals surface area contributed by atoms with Gasteiger partial charge in [0, 0.05) is 17.1 Å². The van der Waals surface area contributed by atoms with Gasteiger partial charge in [-0.15, -0.1) is 0 Å². The molecule has 3 aromatic rings. The van der Waals surface area contributed by atoms with Crippen LogP contribution >= 0.6 is 15.9 Å². The van der Waals surface area contributed by atoms with Crippen LogP contribution in [0, 0.1) is 20.8 Å². The molecule has 0 saturated carbocycles. The van der Waals surface area contributed by atoms with Crippen molar-refractivity contribution in [1.29, 1.82) is 0 Å². The zero-order chi connectivity index (χ0) is 29.6. The fourth-order valence-electron chi connectivity index (χ4n) is 4.08. The molecule has 2 amide bonds. The normalized spacial score (nSPS) is 12.9. The molecule has 214 valence electrons. The maximum atomic E-state index is 14.0. The van der Waals surface area contributed by atoms with E-state index in [-0.39, 0.29) is 23.4 Å². The number of nitrogens with one attached hydrogen (secondary N) is 1. The molecule has 3 rings (SSSR count). The van der Waals surface area contributed by atoms with E-state index in [2.05, 4.69) is 21.2 Å². The quantitative estimate of drug-likeness (QED) is 0.287. The van der Waals surface area contributed by atoms with Crippen LogP contribution in [0.15, 0.2) is 76.1 Å². The number of carbonyl (C=O) groups is 2. The van der Waals surface area contributed by atoms with Gasteiger partial charge in [0.2, 0.25) is 11.8 Å². The third-order valence-electron chi connectivity index (χ3n) is 7.10. The molecule has 0 saturated heterocycles. The highest BCUT2D eigenvalue weighted by Crippen LogP contribution is 2.27. The molecule has 0 spiro atoms. The predicted octanol–water partition coefficient (Wildman–Crippen LogP) is 5.90. The van der Waals surface area contributed by atoms with E-state index in [1.807, 2.05) is 65.0 Å². The predicted molar refractivity (Wildman–Crippen MR) is 164 cm³/mol. The third kappa shape index (κ3) is 7.73. The summed E-state index contributed by atoms with van der Waals surface area (Å²) in [7, 11) is -4.10. The number of rotatable bonds is 11. The molecule has 0 fully saturated rings. The molecule has 0 radical (unpaired) electrons. The van der Waals surface area contributed by atoms with Crippen LogP contribution < -0.4 is 9.62 Å². The van der Waals surface area contributed by atoms with Crippen LogP contribution in [-0.4, -0.2) is 43.8 Å². The first-order valence-electron chi connectivity index (χ1n) is 13.3. The van der Waals surface area contributed by atoms with E-state index in [0.717, 1.165) is 37.5 Å². The Morgan fingerprint density at radius 2 is 1.52 bits per heavy atom. The lowest BCUT2D eigenvalue weighted by Gasteiger charge is -2.32. The van der Waals surface area contributed by atoms with Gasteiger partial charge < -0.3 is 10.2 Å². The summed E-state index contributed by atoms with van der Waals surface area (Å²) in [4.78, 5) is 28.7. The van der Waals surface area contributed by atoms with E-state index in [9.17, 15) is 18.0 Å². The van der Waals surface area contributed by atoms with Crippen molar-refractivity contribution in [3.63, 3.8) is 0 Å². The summed E-state index contributed by atoms with van der Waals surface area (Å²) in [6.45, 7) is 11.0. The Labute approximate surface area is 246 Å². The Bertz CT molecular complexity index is 1440. The molecule has 0 aliphatic carbocycles. The average Bonchev–Trinajstić information content (AvgIpc) is 2.92. The van der Waals surface area contributed by atoms with Crippen molar-refractivity contribution in [2.45, 2.75) is 71.5 Å². The van der Waals surface area contributed by atoms with E-state index in [0.29, 0.717) is 5.69 Å². The number of amides is 2. The number of sulfonamides is 1. The Balaban J connectivity index is 2.04. The standard InChI is InChI=1S/C31H38BrN3O4S/c1-7-24(5)33-31(37)25(6)34(19-26-11-13-27(32)14-12-26)30(36)20-35(28-15-10-22(3)23(4)18-28)40(38,39)29-16-8-21(2)9-17-29/h8-18,24-25H,7,19-20H2,1-6H3,(H,33,37)/t24-,25+/m0/s1. The van der Waals surface area contributed by atoms with E-state index in [1.54, 1.807) is 43.3 Å². The number of carbonyl (C=O) groups excluding carboxylic acids is 2. The summed E-state index contributed by atoms with van der Waals surface area (Å²) in [5, 5.41) is 2.95. The number of hydrogen-bond donors (Lipinski definition) is 1. The molecular weight excluding hydrogens is 590 g/mol. The second-order valence-corrected chi connectivity index (χ2v) is 13.0. The van der Waals surface area contributed by atoms with Gasteiger partial charge >= 0.3 is 0 Å². The maximum Gasteiger partial charge on any atom is 0.264 e. The number of halogens is 1. The maximum absolute atomic E-state index is 14.0. The van der Waals surface area contributed by atoms with E-state index < -0.39 is 28.5 Å². The van der Waals surface area contributed by atoms with Gasteiger partial charge in [-0.1, -0.05) is 58.7 Å². The Morgan fingerprint density at radius 1 is 0.900 bits per heavy atom. The first-order chi connectivity index (χ1) is 18.8. The van der Waals surface area contributed by atoms with E-state index >= 15 is 0 Å². The van der Waals surface area contributed by atoms with Gasteiger partial charge in [-0.3, -0.25) is 13.9 Å². The van der Waals surface area contributed by atoms with Crippen molar-refractivity contribution in [3.8, 4) is 0 Å². The van der Waals surface area contributed by atoms with Crippen LogP contribution in [0.1, 0.15) is 49.4 Å². The molecule has 0 unspecified atom stereocenters. The van der Waals surface area contributed by atoms with Gasteiger partial charge in [0.25, 0.3) is 10.0 Å². The SMILES string of the molecule is CC[C@H](C)NC(=O)[C@@H](C)N(Cc1ccc(Br)cc1)C(=O)CN(c1ccc(C)c(C)c1)S(=O)(=O)c1ccc(C)cc1. The minimum Gasteiger partial charge on any atom is -0.352 e. The molecule has 2 atom stereocenters. The highest BCUT2D eigenvalue weighted by molar-refractivity contribution is 9.10. The van der Waals surface area contributed by atoms with Crippen molar-refractivity contribution in [1.82, 2.24) is 10.2 Å². The summed E-state index contributed by atoms with van der Waals surface area (Å²) in [6, 6.07) is 18.5. The summed E-state index contributed by atoms with van der Waals surface area (Å²) >= 11 is 3.43. The molecule has 7 nitrogen and oxygen atoms in total. The van der Waals surface area contributed by atoms with Crippen LogP contribution in [0.2, 0.25) is 0 Å². The zero-order valence-corrected chi connectivity index (χ0v) is 26.3. The smallest absolute Gasteiger partial charge is 0.264 e. The van der Waals surface area contributed by atoms with E-state index in [4.69, 9.17) is 0 Å². The van der Waals surface area contributed by atoms with Crippen molar-refractivity contribution < 1.29 is 18.0 Å². The van der Waals surface area contributed by atoms with Crippen LogP contribution in [0.4, 0.5) is 5.69 Å². The van der Waals surface area contributed by atoms with Gasteiger partial charge in [0.05, 0.1) is 10.6 Å². The number of nitrogens with zero attached hydrogens (tertiary/aromatic N) is 2. The molecule has 9 heteroatoms. The first kappa shape index (κ1) is 31.4. The largest absolute Gasteiger partial charge is 0.352 e. The van der Waals surface area contributed by atoms with Crippen molar-refractivity contribution in [2.24, 2.45) is 0 Å². The number of aryl methyl sites for hydroxylation is 3. The summed E-state index contributed by atoms with van der Waals surface area (Å²) in [5.74, 6) is -0.775. The van der Waals surface area contributed by atoms with Crippen molar-refractivity contribution in [3.05, 3.63) is 93.5 Å². The summed E-state index contributed by atoms with van der Waals surface area (Å²) < 4.78 is 29.9. The molecule has 0 heterocycles. The van der Waals surface area contributed by atoms with Crippen LogP contribution in [0.5, 0.6) is 0 Å². The van der Waals surface area contributed by atoms with Gasteiger partial charge in [0.15, 0.2) is 0 Å². The first-order valence-corrected chi connectivity index (χ1v) is 15.6. The zero-order valence-electron chi connectivity index (χ0n) is 23.9. The van der Waals surface area contributed by atoms with Gasteiger partial charge in [-0.2, -0.15) is 0 Å². The topological polar surface area (TPSA) is 86.8 Å². The summed E-state index contributed by atoms with van der Waals surface area (Å²) in [5.41, 5.74) is 4.04. The Hall–Kier alpha value is -3.17. The summed E-state index contributed by atoms with van der Waals surface area (Å²) in [6.07, 6.45) is 0.745. The van der Waals surface area contributed by atoms with Crippen LogP contribution in [0.25, 0.3) is 0 Å². The lowest BCUT2D eigenvalue weighted by Crippen LogP contribution is -2.52. The highest BCUT2D eigenvalue weighted by atomic mass is 79.9. The third-order valence-corrected chi connectivity index (χ3v) is 9.42. The van der Waals surface area contributed by atoms with Crippen molar-refractivity contribution in [2.75, 3.05) is 10.8 Å². The van der Waals surface area contributed by atoms with Gasteiger partial charge in [-0.25, -0.2) is 8.42 Å². The van der Waals surface area contributed by atoms with Gasteiger partial charge in [-0.05, 0) is 94.1 Å². The second kappa shape index (κ2) is 13.5. The lowest BCUT2D eigenvalue weighted by atomic mass is 10.1. The van der Waals surface area contributed by atoms with E-state index in [1.165, 1.54) is 4.90 Å². The Morgan fingerprint density at radius 3 is 2.10 bits per heavy atom. The number of anilines is 1. The van der Waals surface area contributed by atoms with Crippen LogP contribution in [0.3, 0.4) is 0 Å². The lowest BCUT2D eigenvalue weighted by molar-refractivity contribution is -0.139. The molecule has 40 heavy (non-hydrogen) atoms. The molecule has 0 aliphatic rings. The number of hydrogen-bond acceptors (Lipinski definition) is 4. The Kier molecular flexibility index (Phi) is 10.6. The fraction of sp³-hybridized carbons (Fsp3) is 0.355. The molecule has 0 bridgehead atoms. The minimum atomic E-state index is -4.10. The average molecular weight is 629 g/mol. The fourth-order valence-corrected chi connectivity index (χ4v) is 5.75. The second-order valence-electron chi connectivity index (χ2n) is 10.2. The van der Waals surface area contributed by atoms with Crippen molar-refractivity contribution >= 4 is 43.5 Å².